The first-order valence-electron chi connectivity index (χ1n) is 7.39. The minimum Gasteiger partial charge on any atom is -0.383 e. The number of hydrogen-bond donors (Lipinski definition) is 1. The molecular weight excluding hydrogens is 304 g/mol. The first kappa shape index (κ1) is 16.8. The van der Waals surface area contributed by atoms with E-state index in [2.05, 4.69) is 29.4 Å². The van der Waals surface area contributed by atoms with Crippen molar-refractivity contribution in [2.45, 2.75) is 26.7 Å². The maximum atomic E-state index is 12.2. The highest BCUT2D eigenvalue weighted by Crippen LogP contribution is 2.22. The third kappa shape index (κ3) is 4.48. The fourth-order valence-corrected chi connectivity index (χ4v) is 3.26. The van der Waals surface area contributed by atoms with Crippen molar-refractivity contribution in [3.05, 3.63) is 5.01 Å². The van der Waals surface area contributed by atoms with Crippen molar-refractivity contribution in [2.75, 3.05) is 32.1 Å². The Bertz CT molecular complexity index is 532. The lowest BCUT2D eigenvalue weighted by Crippen LogP contribution is -2.30. The average molecular weight is 326 g/mol. The Morgan fingerprint density at radius 3 is 2.95 bits per heavy atom. The first-order chi connectivity index (χ1) is 10.5. The lowest BCUT2D eigenvalue weighted by molar-refractivity contribution is -0.128. The molecule has 8 heteroatoms. The summed E-state index contributed by atoms with van der Waals surface area (Å²) >= 11 is 1.39. The molecule has 1 atom stereocenters. The summed E-state index contributed by atoms with van der Waals surface area (Å²) in [5.74, 6) is -0.00410. The second-order valence-electron chi connectivity index (χ2n) is 5.82. The zero-order valence-electron chi connectivity index (χ0n) is 13.2. The van der Waals surface area contributed by atoms with Gasteiger partial charge in [0, 0.05) is 33.0 Å². The van der Waals surface area contributed by atoms with Crippen LogP contribution in [0.1, 0.15) is 25.3 Å². The van der Waals surface area contributed by atoms with Gasteiger partial charge in [0.25, 0.3) is 0 Å². The Morgan fingerprint density at radius 1 is 1.50 bits per heavy atom. The average Bonchev–Trinajstić information content (AvgIpc) is 3.03. The molecule has 2 amide bonds. The van der Waals surface area contributed by atoms with Crippen LogP contribution in [0.15, 0.2) is 0 Å². The van der Waals surface area contributed by atoms with E-state index in [4.69, 9.17) is 4.74 Å². The van der Waals surface area contributed by atoms with Gasteiger partial charge in [0.2, 0.25) is 16.9 Å². The van der Waals surface area contributed by atoms with Crippen LogP contribution in [0.3, 0.4) is 0 Å². The third-order valence-electron chi connectivity index (χ3n) is 3.43. The van der Waals surface area contributed by atoms with Crippen LogP contribution in [0.5, 0.6) is 0 Å². The molecule has 2 heterocycles. The van der Waals surface area contributed by atoms with Gasteiger partial charge < -0.3 is 15.0 Å². The molecule has 1 aliphatic heterocycles. The molecule has 1 aromatic heterocycles. The van der Waals surface area contributed by atoms with E-state index in [1.165, 1.54) is 11.3 Å². The molecule has 1 N–H and O–H groups in total. The van der Waals surface area contributed by atoms with Crippen LogP contribution in [-0.2, 0) is 20.7 Å². The third-order valence-corrected chi connectivity index (χ3v) is 4.29. The number of anilines is 1. The smallest absolute Gasteiger partial charge is 0.231 e. The molecule has 0 spiro atoms. The monoisotopic (exact) mass is 326 g/mol. The van der Waals surface area contributed by atoms with Crippen LogP contribution in [0.2, 0.25) is 0 Å². The number of likely N-dealkylation sites (tertiary alicyclic amines) is 1. The highest BCUT2D eigenvalue weighted by Gasteiger charge is 2.34. The van der Waals surface area contributed by atoms with E-state index < -0.39 is 0 Å². The molecule has 0 bridgehead atoms. The maximum Gasteiger partial charge on any atom is 0.231 e. The number of aromatic nitrogens is 2. The van der Waals surface area contributed by atoms with E-state index >= 15 is 0 Å². The number of hydrogen-bond acceptors (Lipinski definition) is 6. The molecule has 122 valence electrons. The molecule has 0 saturated carbocycles. The van der Waals surface area contributed by atoms with Crippen LogP contribution >= 0.6 is 11.3 Å². The topological polar surface area (TPSA) is 84.4 Å². The van der Waals surface area contributed by atoms with Crippen molar-refractivity contribution in [3.8, 4) is 0 Å². The Hall–Kier alpha value is -1.54. The molecule has 22 heavy (non-hydrogen) atoms. The summed E-state index contributed by atoms with van der Waals surface area (Å²) in [5.41, 5.74) is 0. The Balaban J connectivity index is 1.87. The van der Waals surface area contributed by atoms with E-state index in [1.807, 2.05) is 0 Å². The fraction of sp³-hybridized carbons (Fsp3) is 0.714. The number of rotatable bonds is 7. The molecule has 0 radical (unpaired) electrons. The van der Waals surface area contributed by atoms with Crippen molar-refractivity contribution in [3.63, 3.8) is 0 Å². The highest BCUT2D eigenvalue weighted by molar-refractivity contribution is 7.15. The van der Waals surface area contributed by atoms with Crippen molar-refractivity contribution in [1.82, 2.24) is 15.1 Å². The molecule has 7 nitrogen and oxygen atoms in total. The van der Waals surface area contributed by atoms with Gasteiger partial charge >= 0.3 is 0 Å². The zero-order chi connectivity index (χ0) is 16.1. The van der Waals surface area contributed by atoms with Crippen molar-refractivity contribution in [1.29, 1.82) is 0 Å². The second kappa shape index (κ2) is 7.64. The SMILES string of the molecule is COCCN1CC(C(=O)Nc2nnc(CC(C)C)s2)CC1=O. The number of nitrogens with one attached hydrogen (secondary N) is 1. The maximum absolute atomic E-state index is 12.2. The van der Waals surface area contributed by atoms with E-state index in [-0.39, 0.29) is 24.2 Å². The van der Waals surface area contributed by atoms with Crippen molar-refractivity contribution >= 4 is 28.3 Å². The molecule has 1 aliphatic rings. The lowest BCUT2D eigenvalue weighted by atomic mass is 10.1. The second-order valence-corrected chi connectivity index (χ2v) is 6.88. The summed E-state index contributed by atoms with van der Waals surface area (Å²) in [4.78, 5) is 25.7. The molecule has 1 saturated heterocycles. The quantitative estimate of drug-likeness (QED) is 0.813. The number of amides is 2. The molecule has 0 aliphatic carbocycles. The van der Waals surface area contributed by atoms with Gasteiger partial charge in [-0.2, -0.15) is 0 Å². The van der Waals surface area contributed by atoms with Gasteiger partial charge in [0.05, 0.1) is 12.5 Å². The van der Waals surface area contributed by atoms with E-state index in [0.29, 0.717) is 30.7 Å². The van der Waals surface area contributed by atoms with E-state index in [0.717, 1.165) is 11.4 Å². The van der Waals surface area contributed by atoms with Crippen LogP contribution < -0.4 is 5.32 Å². The van der Waals surface area contributed by atoms with Gasteiger partial charge in [-0.15, -0.1) is 10.2 Å². The summed E-state index contributed by atoms with van der Waals surface area (Å²) in [5, 5.41) is 12.2. The minimum absolute atomic E-state index is 0.00467. The molecule has 1 aromatic rings. The zero-order valence-corrected chi connectivity index (χ0v) is 14.0. The summed E-state index contributed by atoms with van der Waals surface area (Å²) in [6.07, 6.45) is 1.09. The predicted molar refractivity (Wildman–Crippen MR) is 83.6 cm³/mol. The fourth-order valence-electron chi connectivity index (χ4n) is 2.31. The Morgan fingerprint density at radius 2 is 2.27 bits per heavy atom. The number of nitrogens with zero attached hydrogens (tertiary/aromatic N) is 3. The van der Waals surface area contributed by atoms with Gasteiger partial charge in [-0.1, -0.05) is 25.2 Å². The first-order valence-corrected chi connectivity index (χ1v) is 8.21. The summed E-state index contributed by atoms with van der Waals surface area (Å²) in [7, 11) is 1.59. The normalized spacial score (nSPS) is 18.3. The minimum atomic E-state index is -0.332. The van der Waals surface area contributed by atoms with Gasteiger partial charge in [0.1, 0.15) is 5.01 Å². The van der Waals surface area contributed by atoms with Gasteiger partial charge in [0.15, 0.2) is 0 Å². The van der Waals surface area contributed by atoms with Crippen LogP contribution in [0, 0.1) is 11.8 Å². The summed E-state index contributed by atoms with van der Waals surface area (Å²) in [6, 6.07) is 0. The van der Waals surface area contributed by atoms with Crippen molar-refractivity contribution in [2.24, 2.45) is 11.8 Å². The number of methoxy groups -OCH3 is 1. The Kier molecular flexibility index (Phi) is 5.84. The summed E-state index contributed by atoms with van der Waals surface area (Å²) < 4.78 is 4.97. The number of carbonyl (C=O) groups excluding carboxylic acids is 2. The lowest BCUT2D eigenvalue weighted by Gasteiger charge is -2.15. The van der Waals surface area contributed by atoms with Crippen molar-refractivity contribution < 1.29 is 14.3 Å². The van der Waals surface area contributed by atoms with Crippen LogP contribution in [0.25, 0.3) is 0 Å². The van der Waals surface area contributed by atoms with Crippen LogP contribution in [-0.4, -0.2) is 53.7 Å². The van der Waals surface area contributed by atoms with Gasteiger partial charge in [-0.25, -0.2) is 0 Å². The van der Waals surface area contributed by atoms with E-state index in [9.17, 15) is 9.59 Å². The largest absolute Gasteiger partial charge is 0.383 e. The molecular formula is C14H22N4O3S. The number of ether oxygens (including phenoxy) is 1. The molecule has 0 aromatic carbocycles. The summed E-state index contributed by atoms with van der Waals surface area (Å²) in [6.45, 7) is 5.66. The standard InChI is InChI=1S/C14H22N4O3S/c1-9(2)6-11-16-17-14(22-11)15-13(20)10-7-12(19)18(8-10)4-5-21-3/h9-10H,4-8H2,1-3H3,(H,15,17,20). The van der Waals surface area contributed by atoms with E-state index in [1.54, 1.807) is 12.0 Å². The Labute approximate surface area is 134 Å². The predicted octanol–water partition coefficient (Wildman–Crippen LogP) is 1.17. The molecule has 1 fully saturated rings. The van der Waals surface area contributed by atoms with Crippen LogP contribution in [0.4, 0.5) is 5.13 Å². The van der Waals surface area contributed by atoms with Gasteiger partial charge in [-0.05, 0) is 5.92 Å². The molecule has 2 rings (SSSR count). The molecule has 1 unspecified atom stereocenters. The number of carbonyl (C=O) groups is 2. The highest BCUT2D eigenvalue weighted by atomic mass is 32.1. The van der Waals surface area contributed by atoms with Gasteiger partial charge in [-0.3, -0.25) is 9.59 Å².